The summed E-state index contributed by atoms with van der Waals surface area (Å²) in [6.07, 6.45) is 0.928. The number of carbonyl (C=O) groups is 1. The van der Waals surface area contributed by atoms with E-state index in [1.54, 1.807) is 30.3 Å². The Kier molecular flexibility index (Phi) is 7.44. The van der Waals surface area contributed by atoms with Gasteiger partial charge in [-0.05, 0) is 54.4 Å². The van der Waals surface area contributed by atoms with E-state index < -0.39 is 0 Å². The van der Waals surface area contributed by atoms with Gasteiger partial charge in [-0.2, -0.15) is 0 Å². The lowest BCUT2D eigenvalue weighted by Crippen LogP contribution is -2.20. The second kappa shape index (κ2) is 10.9. The summed E-state index contributed by atoms with van der Waals surface area (Å²) in [5.41, 5.74) is 2.59. The van der Waals surface area contributed by atoms with Crippen LogP contribution >= 0.6 is 0 Å². The van der Waals surface area contributed by atoms with Crippen molar-refractivity contribution in [1.29, 1.82) is 0 Å². The summed E-state index contributed by atoms with van der Waals surface area (Å²) in [5, 5.41) is 3.12. The third-order valence-corrected chi connectivity index (χ3v) is 5.66. The van der Waals surface area contributed by atoms with Gasteiger partial charge in [-0.25, -0.2) is 0 Å². The van der Waals surface area contributed by atoms with E-state index in [9.17, 15) is 9.59 Å². The van der Waals surface area contributed by atoms with Crippen molar-refractivity contribution >= 4 is 22.6 Å². The zero-order valence-electron chi connectivity index (χ0n) is 20.5. The number of ether oxygens (including phenoxy) is 4. The molecule has 0 saturated carbocycles. The van der Waals surface area contributed by atoms with Crippen molar-refractivity contribution in [3.05, 3.63) is 76.5 Å². The van der Waals surface area contributed by atoms with Gasteiger partial charge >= 0.3 is 0 Å². The van der Waals surface area contributed by atoms with Crippen LogP contribution in [0.2, 0.25) is 0 Å². The van der Waals surface area contributed by atoms with Crippen LogP contribution in [0.25, 0.3) is 22.3 Å². The summed E-state index contributed by atoms with van der Waals surface area (Å²) >= 11 is 0. The molecule has 0 aliphatic carbocycles. The molecule has 3 aromatic carbocycles. The van der Waals surface area contributed by atoms with Gasteiger partial charge in [-0.3, -0.25) is 9.59 Å². The second-order valence-corrected chi connectivity index (χ2v) is 7.93. The fraction of sp³-hybridized carbons (Fsp3) is 0.214. The minimum atomic E-state index is -0.302. The first kappa shape index (κ1) is 24.7. The van der Waals surface area contributed by atoms with Crippen LogP contribution in [0.15, 0.2) is 69.9 Å². The normalized spacial score (nSPS) is 10.7. The summed E-state index contributed by atoms with van der Waals surface area (Å²) in [7, 11) is 4.55. The van der Waals surface area contributed by atoms with Crippen LogP contribution in [-0.4, -0.2) is 33.8 Å². The molecule has 0 radical (unpaired) electrons. The zero-order valence-corrected chi connectivity index (χ0v) is 20.5. The highest BCUT2D eigenvalue weighted by molar-refractivity contribution is 5.92. The number of methoxy groups -OCH3 is 3. The highest BCUT2D eigenvalue weighted by Crippen LogP contribution is 2.41. The van der Waals surface area contributed by atoms with Gasteiger partial charge in [0, 0.05) is 17.3 Å². The Balaban J connectivity index is 1.53. The number of anilines is 1. The highest BCUT2D eigenvalue weighted by atomic mass is 16.5. The van der Waals surface area contributed by atoms with Gasteiger partial charge in [0.1, 0.15) is 17.1 Å². The molecule has 0 spiro atoms. The van der Waals surface area contributed by atoms with Gasteiger partial charge in [0.25, 0.3) is 5.91 Å². The SMILES string of the molecule is CCc1ccc(NC(=O)COc2ccc3oc(-c4cc(OC)c(OC)c(OC)c4)cc(=O)c3c2)cc1. The monoisotopic (exact) mass is 489 g/mol. The first-order valence-electron chi connectivity index (χ1n) is 11.4. The van der Waals surface area contributed by atoms with Gasteiger partial charge in [0.15, 0.2) is 23.5 Å². The van der Waals surface area contributed by atoms with Crippen LogP contribution in [0.3, 0.4) is 0 Å². The third kappa shape index (κ3) is 5.27. The van der Waals surface area contributed by atoms with Gasteiger partial charge in [0.05, 0.1) is 26.7 Å². The van der Waals surface area contributed by atoms with Crippen LogP contribution in [0.5, 0.6) is 23.0 Å². The second-order valence-electron chi connectivity index (χ2n) is 7.93. The Morgan fingerprint density at radius 3 is 2.19 bits per heavy atom. The van der Waals surface area contributed by atoms with E-state index in [-0.39, 0.29) is 17.9 Å². The lowest BCUT2D eigenvalue weighted by Gasteiger charge is -2.14. The molecule has 0 aliphatic rings. The molecule has 1 aromatic heterocycles. The summed E-state index contributed by atoms with van der Waals surface area (Å²) < 4.78 is 27.7. The minimum Gasteiger partial charge on any atom is -0.493 e. The predicted molar refractivity (Wildman–Crippen MR) is 138 cm³/mol. The average Bonchev–Trinajstić information content (AvgIpc) is 2.91. The molecule has 8 nitrogen and oxygen atoms in total. The highest BCUT2D eigenvalue weighted by Gasteiger charge is 2.17. The maximum atomic E-state index is 12.9. The lowest BCUT2D eigenvalue weighted by molar-refractivity contribution is -0.118. The van der Waals surface area contributed by atoms with Crippen molar-refractivity contribution in [1.82, 2.24) is 0 Å². The number of nitrogens with one attached hydrogen (secondary N) is 1. The molecule has 0 bridgehead atoms. The van der Waals surface area contributed by atoms with Crippen molar-refractivity contribution in [2.24, 2.45) is 0 Å². The van der Waals surface area contributed by atoms with Crippen LogP contribution in [-0.2, 0) is 11.2 Å². The average molecular weight is 490 g/mol. The molecule has 0 aliphatic heterocycles. The Hall–Kier alpha value is -4.46. The molecule has 0 atom stereocenters. The summed E-state index contributed by atoms with van der Waals surface area (Å²) in [4.78, 5) is 25.2. The third-order valence-electron chi connectivity index (χ3n) is 5.66. The number of hydrogen-bond donors (Lipinski definition) is 1. The van der Waals surface area contributed by atoms with Crippen molar-refractivity contribution in [3.8, 4) is 34.3 Å². The molecule has 0 unspecified atom stereocenters. The van der Waals surface area contributed by atoms with Gasteiger partial charge in [-0.15, -0.1) is 0 Å². The van der Waals surface area contributed by atoms with E-state index in [0.717, 1.165) is 6.42 Å². The standard InChI is InChI=1S/C28H27NO7/c1-5-17-6-8-19(9-7-17)29-27(31)16-35-20-10-11-23-21(14-20)22(30)15-24(36-23)18-12-25(32-2)28(34-4)26(13-18)33-3/h6-15H,5,16H2,1-4H3,(H,29,31). The van der Waals surface area contributed by atoms with E-state index in [0.29, 0.717) is 51.0 Å². The number of hydrogen-bond acceptors (Lipinski definition) is 7. The summed E-state index contributed by atoms with van der Waals surface area (Å²) in [5.74, 6) is 1.75. The molecule has 8 heteroatoms. The number of carbonyl (C=O) groups excluding carboxylic acids is 1. The molecule has 4 rings (SSSR count). The molecule has 186 valence electrons. The number of rotatable bonds is 9. The van der Waals surface area contributed by atoms with Crippen LogP contribution in [0, 0.1) is 0 Å². The fourth-order valence-electron chi connectivity index (χ4n) is 3.76. The molecular weight excluding hydrogens is 462 g/mol. The van der Waals surface area contributed by atoms with Gasteiger partial charge in [0.2, 0.25) is 5.75 Å². The van der Waals surface area contributed by atoms with E-state index in [2.05, 4.69) is 12.2 Å². The minimum absolute atomic E-state index is 0.199. The fourth-order valence-corrected chi connectivity index (χ4v) is 3.76. The Morgan fingerprint density at radius 1 is 0.889 bits per heavy atom. The molecule has 0 saturated heterocycles. The molecular formula is C28H27NO7. The van der Waals surface area contributed by atoms with Crippen LogP contribution < -0.4 is 29.7 Å². The lowest BCUT2D eigenvalue weighted by atomic mass is 10.1. The van der Waals surface area contributed by atoms with Gasteiger partial charge in [-0.1, -0.05) is 19.1 Å². The first-order valence-corrected chi connectivity index (χ1v) is 11.4. The number of benzene rings is 3. The van der Waals surface area contributed by atoms with E-state index >= 15 is 0 Å². The number of aryl methyl sites for hydroxylation is 1. The largest absolute Gasteiger partial charge is 0.493 e. The van der Waals surface area contributed by atoms with E-state index in [4.69, 9.17) is 23.4 Å². The maximum Gasteiger partial charge on any atom is 0.262 e. The zero-order chi connectivity index (χ0) is 25.7. The topological polar surface area (TPSA) is 96.2 Å². The Labute approximate surface area is 208 Å². The molecule has 0 fully saturated rings. The maximum absolute atomic E-state index is 12.9. The van der Waals surface area contributed by atoms with Crippen molar-refractivity contribution in [3.63, 3.8) is 0 Å². The van der Waals surface area contributed by atoms with Crippen molar-refractivity contribution in [2.75, 3.05) is 33.3 Å². The van der Waals surface area contributed by atoms with Crippen molar-refractivity contribution < 1.29 is 28.2 Å². The van der Waals surface area contributed by atoms with Crippen LogP contribution in [0.1, 0.15) is 12.5 Å². The Morgan fingerprint density at radius 2 is 1.58 bits per heavy atom. The molecule has 4 aromatic rings. The number of amides is 1. The smallest absolute Gasteiger partial charge is 0.262 e. The van der Waals surface area contributed by atoms with Crippen molar-refractivity contribution in [2.45, 2.75) is 13.3 Å². The van der Waals surface area contributed by atoms with E-state index in [1.165, 1.54) is 33.0 Å². The van der Waals surface area contributed by atoms with E-state index in [1.807, 2.05) is 24.3 Å². The van der Waals surface area contributed by atoms with Crippen LogP contribution in [0.4, 0.5) is 5.69 Å². The van der Waals surface area contributed by atoms with Gasteiger partial charge < -0.3 is 28.7 Å². The molecule has 1 amide bonds. The molecule has 36 heavy (non-hydrogen) atoms. The quantitative estimate of drug-likeness (QED) is 0.351. The number of fused-ring (bicyclic) bond motifs is 1. The summed E-state index contributed by atoms with van der Waals surface area (Å²) in [6.45, 7) is 1.87. The summed E-state index contributed by atoms with van der Waals surface area (Å²) in [6, 6.07) is 17.3. The first-order chi connectivity index (χ1) is 17.4. The predicted octanol–water partition coefficient (Wildman–Crippen LogP) is 5.07. The molecule has 1 heterocycles. The molecule has 1 N–H and O–H groups in total. The Bertz CT molecular complexity index is 1420.